The second kappa shape index (κ2) is 13.3. The van der Waals surface area contributed by atoms with E-state index in [0.717, 1.165) is 0 Å². The maximum atomic E-state index is 13.5. The van der Waals surface area contributed by atoms with Gasteiger partial charge in [-0.3, -0.25) is 0 Å². The predicted octanol–water partition coefficient (Wildman–Crippen LogP) is 5.58. The molecule has 9 heteroatoms. The average molecular weight is 567 g/mol. The fourth-order valence-corrected chi connectivity index (χ4v) is 4.73. The Hall–Kier alpha value is -3.66. The van der Waals surface area contributed by atoms with Gasteiger partial charge < -0.3 is 33.2 Å². The molecule has 2 aromatic carbocycles. The summed E-state index contributed by atoms with van der Waals surface area (Å²) >= 11 is 0. The van der Waals surface area contributed by atoms with Crippen molar-refractivity contribution in [2.45, 2.75) is 64.3 Å². The molecule has 1 fully saturated rings. The molecular formula is C32H38O9. The minimum atomic E-state index is -0.900. The Balaban J connectivity index is 1.74. The zero-order valence-electron chi connectivity index (χ0n) is 24.3. The molecule has 2 aliphatic rings. The second-order valence-corrected chi connectivity index (χ2v) is 10.5. The SMILES string of the molecule is COCOc1cc(OC)cc2c1C(=O)O[C@@H](C)[C@H](C)C=CC(OC(=O)c1ccccc1)[C@H]1OC(C)(C)OC1CC=C2. The summed E-state index contributed by atoms with van der Waals surface area (Å²) in [6.45, 7) is 7.32. The monoisotopic (exact) mass is 566 g/mol. The summed E-state index contributed by atoms with van der Waals surface area (Å²) in [5.41, 5.74) is 1.24. The first kappa shape index (κ1) is 30.3. The summed E-state index contributed by atoms with van der Waals surface area (Å²) in [5, 5.41) is 0. The van der Waals surface area contributed by atoms with Crippen LogP contribution in [0.15, 0.2) is 60.7 Å². The number of ether oxygens (including phenoxy) is 7. The van der Waals surface area contributed by atoms with Crippen LogP contribution in [0.25, 0.3) is 6.08 Å². The number of cyclic esters (lactones) is 1. The zero-order valence-corrected chi connectivity index (χ0v) is 24.3. The van der Waals surface area contributed by atoms with Crippen LogP contribution in [0.5, 0.6) is 11.5 Å². The Kier molecular flexibility index (Phi) is 9.86. The van der Waals surface area contributed by atoms with E-state index in [0.29, 0.717) is 23.3 Å². The fourth-order valence-electron chi connectivity index (χ4n) is 4.73. The van der Waals surface area contributed by atoms with Crippen molar-refractivity contribution in [3.63, 3.8) is 0 Å². The quantitative estimate of drug-likeness (QED) is 0.252. The molecule has 220 valence electrons. The zero-order chi connectivity index (χ0) is 29.6. The first-order valence-corrected chi connectivity index (χ1v) is 13.6. The summed E-state index contributed by atoms with van der Waals surface area (Å²) in [7, 11) is 3.04. The molecule has 0 radical (unpaired) electrons. The van der Waals surface area contributed by atoms with Crippen LogP contribution in [0.1, 0.15) is 60.4 Å². The molecule has 0 aromatic heterocycles. The average Bonchev–Trinajstić information content (AvgIpc) is 3.27. The Morgan fingerprint density at radius 2 is 1.80 bits per heavy atom. The number of carbonyl (C=O) groups excluding carboxylic acids is 2. The van der Waals surface area contributed by atoms with Gasteiger partial charge in [0.05, 0.1) is 18.8 Å². The molecule has 2 unspecified atom stereocenters. The molecule has 2 aliphatic heterocycles. The van der Waals surface area contributed by atoms with Gasteiger partial charge in [0.2, 0.25) is 0 Å². The van der Waals surface area contributed by atoms with Crippen LogP contribution in [-0.2, 0) is 23.7 Å². The molecule has 5 atom stereocenters. The Morgan fingerprint density at radius 1 is 1.05 bits per heavy atom. The highest BCUT2D eigenvalue weighted by Crippen LogP contribution is 2.36. The molecule has 0 aliphatic carbocycles. The van der Waals surface area contributed by atoms with Crippen molar-refractivity contribution in [1.82, 2.24) is 0 Å². The minimum absolute atomic E-state index is 0.0571. The highest BCUT2D eigenvalue weighted by atomic mass is 16.8. The molecule has 4 rings (SSSR count). The standard InChI is InChI=1S/C32H38O9/c1-20-15-16-25(39-30(33)22-11-8-7-9-12-22)29-26(40-32(3,4)41-29)14-10-13-23-17-24(36-6)18-27(37-19-35-5)28(23)31(34)38-21(20)2/h7-13,15-18,20-21,25-26,29H,14,19H2,1-6H3/t20-,21+,25?,26?,29-/m1/s1. The van der Waals surface area contributed by atoms with E-state index in [4.69, 9.17) is 33.2 Å². The van der Waals surface area contributed by atoms with E-state index in [1.54, 1.807) is 55.5 Å². The van der Waals surface area contributed by atoms with E-state index in [1.807, 2.05) is 39.0 Å². The topological polar surface area (TPSA) is 98.8 Å². The number of fused-ring (bicyclic) bond motifs is 2. The smallest absolute Gasteiger partial charge is 0.342 e. The van der Waals surface area contributed by atoms with Crippen LogP contribution >= 0.6 is 0 Å². The summed E-state index contributed by atoms with van der Waals surface area (Å²) in [6.07, 6.45) is 5.44. The number of hydrogen-bond donors (Lipinski definition) is 0. The number of methoxy groups -OCH3 is 2. The van der Waals surface area contributed by atoms with Crippen molar-refractivity contribution in [2.75, 3.05) is 21.0 Å². The van der Waals surface area contributed by atoms with Crippen LogP contribution in [0.2, 0.25) is 0 Å². The van der Waals surface area contributed by atoms with Crippen LogP contribution in [0, 0.1) is 5.92 Å². The minimum Gasteiger partial charge on any atom is -0.497 e. The molecule has 9 nitrogen and oxygen atoms in total. The van der Waals surface area contributed by atoms with Crippen LogP contribution in [0.4, 0.5) is 0 Å². The molecule has 2 heterocycles. The number of carbonyl (C=O) groups is 2. The Labute approximate surface area is 241 Å². The van der Waals surface area contributed by atoms with Crippen molar-refractivity contribution >= 4 is 18.0 Å². The third kappa shape index (κ3) is 7.55. The third-order valence-electron chi connectivity index (χ3n) is 6.98. The van der Waals surface area contributed by atoms with Crippen molar-refractivity contribution in [2.24, 2.45) is 5.92 Å². The van der Waals surface area contributed by atoms with Gasteiger partial charge in [-0.25, -0.2) is 9.59 Å². The lowest BCUT2D eigenvalue weighted by Gasteiger charge is -2.25. The summed E-state index contributed by atoms with van der Waals surface area (Å²) < 4.78 is 40.7. The van der Waals surface area contributed by atoms with Crippen molar-refractivity contribution in [1.29, 1.82) is 0 Å². The van der Waals surface area contributed by atoms with Crippen molar-refractivity contribution < 1.29 is 42.7 Å². The molecular weight excluding hydrogens is 528 g/mol. The maximum Gasteiger partial charge on any atom is 0.342 e. The Bertz CT molecular complexity index is 1270. The van der Waals surface area contributed by atoms with Crippen LogP contribution in [0.3, 0.4) is 0 Å². The van der Waals surface area contributed by atoms with E-state index in [-0.39, 0.29) is 24.0 Å². The van der Waals surface area contributed by atoms with Gasteiger partial charge in [0, 0.05) is 19.1 Å². The molecule has 2 aromatic rings. The fraction of sp³-hybridized carbons (Fsp3) is 0.438. The molecule has 41 heavy (non-hydrogen) atoms. The van der Waals surface area contributed by atoms with E-state index >= 15 is 0 Å². The third-order valence-corrected chi connectivity index (χ3v) is 6.98. The number of esters is 2. The second-order valence-electron chi connectivity index (χ2n) is 10.5. The predicted molar refractivity (Wildman–Crippen MR) is 152 cm³/mol. The highest BCUT2D eigenvalue weighted by Gasteiger charge is 2.45. The van der Waals surface area contributed by atoms with Gasteiger partial charge in [0.15, 0.2) is 12.6 Å². The van der Waals surface area contributed by atoms with Crippen molar-refractivity contribution in [3.8, 4) is 11.5 Å². The lowest BCUT2D eigenvalue weighted by atomic mass is 9.98. The van der Waals surface area contributed by atoms with Gasteiger partial charge in [-0.1, -0.05) is 43.4 Å². The molecule has 0 spiro atoms. The molecule has 0 N–H and O–H groups in total. The van der Waals surface area contributed by atoms with E-state index in [1.165, 1.54) is 14.2 Å². The summed E-state index contributed by atoms with van der Waals surface area (Å²) in [5.74, 6) is -1.36. The molecule has 1 saturated heterocycles. The molecule has 0 amide bonds. The van der Waals surface area contributed by atoms with Gasteiger partial charge in [-0.15, -0.1) is 0 Å². The van der Waals surface area contributed by atoms with Gasteiger partial charge in [-0.2, -0.15) is 0 Å². The number of rotatable bonds is 6. The maximum absolute atomic E-state index is 13.5. The van der Waals surface area contributed by atoms with E-state index < -0.39 is 42.1 Å². The van der Waals surface area contributed by atoms with Gasteiger partial charge in [0.25, 0.3) is 0 Å². The molecule has 0 bridgehead atoms. The summed E-state index contributed by atoms with van der Waals surface area (Å²) in [4.78, 5) is 26.6. The van der Waals surface area contributed by atoms with Gasteiger partial charge >= 0.3 is 11.9 Å². The lowest BCUT2D eigenvalue weighted by molar-refractivity contribution is -0.152. The van der Waals surface area contributed by atoms with E-state index in [9.17, 15) is 9.59 Å². The summed E-state index contributed by atoms with van der Waals surface area (Å²) in [6, 6.07) is 12.2. The van der Waals surface area contributed by atoms with Crippen LogP contribution < -0.4 is 9.47 Å². The lowest BCUT2D eigenvalue weighted by Crippen LogP contribution is -2.37. The Morgan fingerprint density at radius 3 is 2.51 bits per heavy atom. The van der Waals surface area contributed by atoms with Gasteiger partial charge in [0.1, 0.15) is 35.4 Å². The number of benzene rings is 2. The van der Waals surface area contributed by atoms with E-state index in [2.05, 4.69) is 0 Å². The van der Waals surface area contributed by atoms with Crippen molar-refractivity contribution in [3.05, 3.63) is 77.4 Å². The van der Waals surface area contributed by atoms with Crippen LogP contribution in [-0.4, -0.2) is 63.2 Å². The first-order chi connectivity index (χ1) is 19.6. The highest BCUT2D eigenvalue weighted by molar-refractivity contribution is 5.97. The van der Waals surface area contributed by atoms with Gasteiger partial charge in [-0.05, 0) is 57.0 Å². The largest absolute Gasteiger partial charge is 0.497 e. The normalized spacial score (nSPS) is 25.8. The first-order valence-electron chi connectivity index (χ1n) is 13.6. The molecule has 0 saturated carbocycles. The number of hydrogen-bond acceptors (Lipinski definition) is 9.